The molecule has 4 rings (SSSR count). The molecule has 0 spiro atoms. The van der Waals surface area contributed by atoms with E-state index in [1.54, 1.807) is 25.6 Å². The van der Waals surface area contributed by atoms with Crippen molar-refractivity contribution < 1.29 is 9.53 Å². The van der Waals surface area contributed by atoms with Crippen molar-refractivity contribution in [2.75, 3.05) is 12.4 Å². The number of ether oxygens (including phenoxy) is 1. The van der Waals surface area contributed by atoms with Gasteiger partial charge in [-0.2, -0.15) is 0 Å². The monoisotopic (exact) mass is 420 g/mol. The van der Waals surface area contributed by atoms with Crippen LogP contribution in [0.15, 0.2) is 54.2 Å². The molecular weight excluding hydrogens is 400 g/mol. The van der Waals surface area contributed by atoms with Gasteiger partial charge in [0.15, 0.2) is 5.69 Å². The van der Waals surface area contributed by atoms with Crippen LogP contribution in [0.2, 0.25) is 0 Å². The van der Waals surface area contributed by atoms with E-state index in [2.05, 4.69) is 30.6 Å². The molecule has 1 unspecified atom stereocenters. The van der Waals surface area contributed by atoms with Crippen molar-refractivity contribution in [1.82, 2.24) is 25.3 Å². The Kier molecular flexibility index (Phi) is 5.80. The standard InChI is InChI=1S/C21H20N6O2S/c1-13(15-5-3-4-9-22-15)25-21-26-16-8-10-30-19(16)18(27-21)20(28)24-12-14-6-7-17(29-2)23-11-14/h3-11,13H,12H2,1-2H3,(H,24,28)(H,25,26,27). The molecule has 1 atom stereocenters. The third-order valence-electron chi connectivity index (χ3n) is 4.46. The zero-order valence-corrected chi connectivity index (χ0v) is 17.3. The summed E-state index contributed by atoms with van der Waals surface area (Å²) in [7, 11) is 1.56. The highest BCUT2D eigenvalue weighted by atomic mass is 32.1. The normalized spacial score (nSPS) is 11.8. The summed E-state index contributed by atoms with van der Waals surface area (Å²) in [6, 6.07) is 11.1. The number of aromatic nitrogens is 4. The van der Waals surface area contributed by atoms with Crippen molar-refractivity contribution in [1.29, 1.82) is 0 Å². The fourth-order valence-corrected chi connectivity index (χ4v) is 3.70. The molecule has 4 heterocycles. The maximum atomic E-state index is 12.9. The molecule has 30 heavy (non-hydrogen) atoms. The number of nitrogens with one attached hydrogen (secondary N) is 2. The maximum absolute atomic E-state index is 12.9. The molecule has 4 aromatic rings. The van der Waals surface area contributed by atoms with Gasteiger partial charge in [-0.15, -0.1) is 11.3 Å². The van der Waals surface area contributed by atoms with Crippen LogP contribution in [0.4, 0.5) is 5.95 Å². The summed E-state index contributed by atoms with van der Waals surface area (Å²) in [5.41, 5.74) is 2.79. The van der Waals surface area contributed by atoms with E-state index < -0.39 is 0 Å². The molecule has 2 N–H and O–H groups in total. The van der Waals surface area contributed by atoms with Gasteiger partial charge in [-0.1, -0.05) is 12.1 Å². The average molecular weight is 420 g/mol. The first kappa shape index (κ1) is 19.7. The number of thiophene rings is 1. The van der Waals surface area contributed by atoms with Gasteiger partial charge in [-0.05, 0) is 36.1 Å². The van der Waals surface area contributed by atoms with Gasteiger partial charge in [0.05, 0.1) is 29.1 Å². The molecule has 0 aliphatic carbocycles. The van der Waals surface area contributed by atoms with Gasteiger partial charge in [0.1, 0.15) is 0 Å². The van der Waals surface area contributed by atoms with Crippen molar-refractivity contribution in [2.24, 2.45) is 0 Å². The number of carbonyl (C=O) groups excluding carboxylic acids is 1. The Morgan fingerprint density at radius 2 is 2.07 bits per heavy atom. The summed E-state index contributed by atoms with van der Waals surface area (Å²) in [5.74, 6) is 0.642. The minimum absolute atomic E-state index is 0.108. The van der Waals surface area contributed by atoms with Gasteiger partial charge in [0.2, 0.25) is 11.8 Å². The highest BCUT2D eigenvalue weighted by Gasteiger charge is 2.17. The molecule has 0 aliphatic rings. The molecule has 0 radical (unpaired) electrons. The number of rotatable bonds is 7. The number of amides is 1. The molecule has 0 bridgehead atoms. The van der Waals surface area contributed by atoms with Crippen molar-refractivity contribution in [2.45, 2.75) is 19.5 Å². The third kappa shape index (κ3) is 4.36. The Bertz CT molecular complexity index is 1150. The lowest BCUT2D eigenvalue weighted by molar-refractivity contribution is 0.0948. The van der Waals surface area contributed by atoms with Crippen LogP contribution in [0.1, 0.15) is 34.7 Å². The zero-order chi connectivity index (χ0) is 20.9. The number of nitrogens with zero attached hydrogens (tertiary/aromatic N) is 4. The first-order valence-corrected chi connectivity index (χ1v) is 10.2. The minimum Gasteiger partial charge on any atom is -0.481 e. The van der Waals surface area contributed by atoms with Crippen LogP contribution < -0.4 is 15.4 Å². The molecule has 0 fully saturated rings. The van der Waals surface area contributed by atoms with Gasteiger partial charge in [0.25, 0.3) is 5.91 Å². The molecule has 0 aliphatic heterocycles. The molecule has 4 aromatic heterocycles. The predicted octanol–water partition coefficient (Wildman–Crippen LogP) is 3.59. The van der Waals surface area contributed by atoms with Crippen LogP contribution in [0.3, 0.4) is 0 Å². The number of pyridine rings is 2. The van der Waals surface area contributed by atoms with E-state index in [9.17, 15) is 4.79 Å². The minimum atomic E-state index is -0.269. The van der Waals surface area contributed by atoms with E-state index in [-0.39, 0.29) is 11.9 Å². The topological polar surface area (TPSA) is 102 Å². The van der Waals surface area contributed by atoms with E-state index in [1.165, 1.54) is 11.3 Å². The van der Waals surface area contributed by atoms with E-state index in [1.807, 2.05) is 42.6 Å². The largest absolute Gasteiger partial charge is 0.481 e. The number of methoxy groups -OCH3 is 1. The van der Waals surface area contributed by atoms with E-state index in [4.69, 9.17) is 4.74 Å². The Labute approximate surface area is 177 Å². The third-order valence-corrected chi connectivity index (χ3v) is 5.37. The number of hydrogen-bond acceptors (Lipinski definition) is 8. The van der Waals surface area contributed by atoms with E-state index in [0.29, 0.717) is 24.1 Å². The van der Waals surface area contributed by atoms with Gasteiger partial charge < -0.3 is 15.4 Å². The maximum Gasteiger partial charge on any atom is 0.271 e. The number of anilines is 1. The number of hydrogen-bond donors (Lipinski definition) is 2. The summed E-state index contributed by atoms with van der Waals surface area (Å²) in [5, 5.41) is 8.04. The fraction of sp³-hybridized carbons (Fsp3) is 0.190. The van der Waals surface area contributed by atoms with Crippen LogP contribution in [-0.4, -0.2) is 33.0 Å². The molecule has 8 nitrogen and oxygen atoms in total. The molecule has 0 saturated carbocycles. The fourth-order valence-electron chi connectivity index (χ4n) is 2.88. The molecule has 0 saturated heterocycles. The van der Waals surface area contributed by atoms with Crippen LogP contribution in [0.5, 0.6) is 5.88 Å². The average Bonchev–Trinajstić information content (AvgIpc) is 3.26. The molecule has 152 valence electrons. The first-order chi connectivity index (χ1) is 14.6. The Hall–Kier alpha value is -3.59. The molecule has 1 amide bonds. The second kappa shape index (κ2) is 8.83. The lowest BCUT2D eigenvalue weighted by Gasteiger charge is -2.14. The summed E-state index contributed by atoms with van der Waals surface area (Å²) in [6.45, 7) is 2.31. The number of fused-ring (bicyclic) bond motifs is 1. The lowest BCUT2D eigenvalue weighted by Crippen LogP contribution is -2.24. The number of carbonyl (C=O) groups is 1. The molecular formula is C21H20N6O2S. The summed E-state index contributed by atoms with van der Waals surface area (Å²) in [4.78, 5) is 30.4. The first-order valence-electron chi connectivity index (χ1n) is 9.34. The van der Waals surface area contributed by atoms with Crippen LogP contribution >= 0.6 is 11.3 Å². The van der Waals surface area contributed by atoms with Crippen LogP contribution in [0, 0.1) is 0 Å². The Morgan fingerprint density at radius 3 is 2.80 bits per heavy atom. The van der Waals surface area contributed by atoms with Crippen molar-refractivity contribution >= 4 is 33.4 Å². The predicted molar refractivity (Wildman–Crippen MR) is 116 cm³/mol. The van der Waals surface area contributed by atoms with Crippen molar-refractivity contribution in [3.05, 3.63) is 71.1 Å². The quantitative estimate of drug-likeness (QED) is 0.471. The van der Waals surface area contributed by atoms with Gasteiger partial charge >= 0.3 is 0 Å². The van der Waals surface area contributed by atoms with E-state index in [0.717, 1.165) is 21.5 Å². The zero-order valence-electron chi connectivity index (χ0n) is 16.5. The Balaban J connectivity index is 1.53. The second-order valence-corrected chi connectivity index (χ2v) is 7.46. The van der Waals surface area contributed by atoms with Gasteiger partial charge in [-0.25, -0.2) is 15.0 Å². The molecule has 9 heteroatoms. The summed E-state index contributed by atoms with van der Waals surface area (Å²) >= 11 is 1.44. The summed E-state index contributed by atoms with van der Waals surface area (Å²) < 4.78 is 5.80. The highest BCUT2D eigenvalue weighted by molar-refractivity contribution is 7.17. The second-order valence-electron chi connectivity index (χ2n) is 6.54. The van der Waals surface area contributed by atoms with Gasteiger partial charge in [0, 0.05) is 25.0 Å². The smallest absolute Gasteiger partial charge is 0.271 e. The lowest BCUT2D eigenvalue weighted by atomic mass is 10.2. The summed E-state index contributed by atoms with van der Waals surface area (Å²) in [6.07, 6.45) is 3.41. The van der Waals surface area contributed by atoms with Crippen molar-refractivity contribution in [3.63, 3.8) is 0 Å². The van der Waals surface area contributed by atoms with Crippen LogP contribution in [0.25, 0.3) is 10.2 Å². The van der Waals surface area contributed by atoms with Crippen LogP contribution in [-0.2, 0) is 6.54 Å². The van der Waals surface area contributed by atoms with Crippen molar-refractivity contribution in [3.8, 4) is 5.88 Å². The Morgan fingerprint density at radius 1 is 1.17 bits per heavy atom. The van der Waals surface area contributed by atoms with E-state index >= 15 is 0 Å². The highest BCUT2D eigenvalue weighted by Crippen LogP contribution is 2.25. The SMILES string of the molecule is COc1ccc(CNC(=O)c2nc(NC(C)c3ccccn3)nc3ccsc23)cn1. The molecule has 0 aromatic carbocycles. The van der Waals surface area contributed by atoms with Gasteiger partial charge in [-0.3, -0.25) is 9.78 Å².